The molecule has 0 aromatic rings. The van der Waals surface area contributed by atoms with Crippen LogP contribution in [0.4, 0.5) is 4.79 Å². The van der Waals surface area contributed by atoms with E-state index in [4.69, 9.17) is 0 Å². The van der Waals surface area contributed by atoms with Crippen molar-refractivity contribution in [3.63, 3.8) is 0 Å². The Morgan fingerprint density at radius 3 is 2.24 bits per heavy atom. The SMILES string of the molecule is CC(C)CN1CCN(C(C)C(=O)NC(=O)NC2CC2)CC1. The van der Waals surface area contributed by atoms with Crippen LogP contribution in [0.15, 0.2) is 0 Å². The van der Waals surface area contributed by atoms with Crippen LogP contribution >= 0.6 is 0 Å². The lowest BCUT2D eigenvalue weighted by atomic mass is 10.1. The van der Waals surface area contributed by atoms with E-state index in [-0.39, 0.29) is 24.0 Å². The van der Waals surface area contributed by atoms with Gasteiger partial charge < -0.3 is 10.2 Å². The molecule has 1 aliphatic carbocycles. The van der Waals surface area contributed by atoms with E-state index in [1.54, 1.807) is 0 Å². The van der Waals surface area contributed by atoms with E-state index < -0.39 is 0 Å². The predicted octanol–water partition coefficient (Wildman–Crippen LogP) is 0.637. The van der Waals surface area contributed by atoms with Crippen LogP contribution in [0.2, 0.25) is 0 Å². The third-order valence-corrected chi connectivity index (χ3v) is 4.11. The molecule has 0 spiro atoms. The molecule has 1 aliphatic heterocycles. The van der Waals surface area contributed by atoms with Crippen LogP contribution in [0.3, 0.4) is 0 Å². The van der Waals surface area contributed by atoms with E-state index in [0.717, 1.165) is 45.6 Å². The number of nitrogens with one attached hydrogen (secondary N) is 2. The van der Waals surface area contributed by atoms with Crippen LogP contribution in [0.1, 0.15) is 33.6 Å². The van der Waals surface area contributed by atoms with Gasteiger partial charge in [0.2, 0.25) is 5.91 Å². The Balaban J connectivity index is 1.71. The van der Waals surface area contributed by atoms with Crippen molar-refractivity contribution in [1.82, 2.24) is 20.4 Å². The summed E-state index contributed by atoms with van der Waals surface area (Å²) in [5.41, 5.74) is 0. The number of imide groups is 1. The number of hydrogen-bond donors (Lipinski definition) is 2. The predicted molar refractivity (Wildman–Crippen MR) is 82.0 cm³/mol. The molecule has 120 valence electrons. The van der Waals surface area contributed by atoms with Crippen molar-refractivity contribution in [3.8, 4) is 0 Å². The smallest absolute Gasteiger partial charge is 0.321 e. The van der Waals surface area contributed by atoms with Crippen LogP contribution in [0.5, 0.6) is 0 Å². The standard InChI is InChI=1S/C15H28N4O2/c1-11(2)10-18-6-8-19(9-7-18)12(3)14(20)17-15(21)16-13-4-5-13/h11-13H,4-10H2,1-3H3,(H2,16,17,20,21). The number of urea groups is 1. The van der Waals surface area contributed by atoms with Gasteiger partial charge in [-0.3, -0.25) is 15.0 Å². The number of nitrogens with zero attached hydrogens (tertiary/aromatic N) is 2. The van der Waals surface area contributed by atoms with Gasteiger partial charge in [0.05, 0.1) is 6.04 Å². The van der Waals surface area contributed by atoms with E-state index in [1.807, 2.05) is 6.92 Å². The highest BCUT2D eigenvalue weighted by Gasteiger charge is 2.28. The number of hydrogen-bond acceptors (Lipinski definition) is 4. The first-order valence-electron chi connectivity index (χ1n) is 8.03. The first-order chi connectivity index (χ1) is 9.95. The minimum Gasteiger partial charge on any atom is -0.335 e. The highest BCUT2D eigenvalue weighted by atomic mass is 16.2. The van der Waals surface area contributed by atoms with Crippen LogP contribution in [0.25, 0.3) is 0 Å². The molecule has 1 heterocycles. The monoisotopic (exact) mass is 296 g/mol. The fourth-order valence-electron chi connectivity index (χ4n) is 2.68. The first-order valence-corrected chi connectivity index (χ1v) is 8.03. The van der Waals surface area contributed by atoms with Gasteiger partial charge in [-0.25, -0.2) is 4.79 Å². The Hall–Kier alpha value is -1.14. The Morgan fingerprint density at radius 1 is 1.10 bits per heavy atom. The summed E-state index contributed by atoms with van der Waals surface area (Å²) in [7, 11) is 0. The molecule has 0 aromatic carbocycles. The van der Waals surface area contributed by atoms with Crippen molar-refractivity contribution in [2.75, 3.05) is 32.7 Å². The molecule has 0 aromatic heterocycles. The number of rotatable bonds is 5. The third-order valence-electron chi connectivity index (χ3n) is 4.11. The fourth-order valence-corrected chi connectivity index (χ4v) is 2.68. The molecule has 6 heteroatoms. The van der Waals surface area contributed by atoms with Gasteiger partial charge in [-0.15, -0.1) is 0 Å². The maximum absolute atomic E-state index is 12.1. The zero-order valence-corrected chi connectivity index (χ0v) is 13.4. The molecule has 1 saturated heterocycles. The van der Waals surface area contributed by atoms with Gasteiger partial charge in [-0.2, -0.15) is 0 Å². The summed E-state index contributed by atoms with van der Waals surface area (Å²) in [4.78, 5) is 28.3. The second-order valence-corrected chi connectivity index (χ2v) is 6.64. The Bertz CT molecular complexity index is 374. The maximum Gasteiger partial charge on any atom is 0.321 e. The second-order valence-electron chi connectivity index (χ2n) is 6.64. The molecular weight excluding hydrogens is 268 g/mol. The van der Waals surface area contributed by atoms with E-state index in [2.05, 4.69) is 34.3 Å². The molecule has 2 fully saturated rings. The van der Waals surface area contributed by atoms with Crippen molar-refractivity contribution in [3.05, 3.63) is 0 Å². The van der Waals surface area contributed by atoms with Crippen molar-refractivity contribution in [2.45, 2.75) is 45.7 Å². The Labute approximate surface area is 127 Å². The first kappa shape index (κ1) is 16.2. The third kappa shape index (κ3) is 5.28. The molecule has 2 rings (SSSR count). The Kier molecular flexibility index (Phi) is 5.58. The zero-order chi connectivity index (χ0) is 15.4. The van der Waals surface area contributed by atoms with Crippen LogP contribution in [-0.2, 0) is 4.79 Å². The van der Waals surface area contributed by atoms with Crippen molar-refractivity contribution in [2.24, 2.45) is 5.92 Å². The maximum atomic E-state index is 12.1. The van der Waals surface area contributed by atoms with E-state index in [0.29, 0.717) is 5.92 Å². The van der Waals surface area contributed by atoms with Gasteiger partial charge >= 0.3 is 6.03 Å². The number of piperazine rings is 1. The quantitative estimate of drug-likeness (QED) is 0.781. The lowest BCUT2D eigenvalue weighted by molar-refractivity contribution is -0.125. The van der Waals surface area contributed by atoms with Crippen molar-refractivity contribution in [1.29, 1.82) is 0 Å². The molecule has 1 unspecified atom stereocenters. The highest BCUT2D eigenvalue weighted by Crippen LogP contribution is 2.18. The summed E-state index contributed by atoms with van der Waals surface area (Å²) in [5.74, 6) is 0.467. The summed E-state index contributed by atoms with van der Waals surface area (Å²) >= 11 is 0. The van der Waals surface area contributed by atoms with E-state index in [9.17, 15) is 9.59 Å². The van der Waals surface area contributed by atoms with Crippen molar-refractivity contribution < 1.29 is 9.59 Å². The normalized spacial score (nSPS) is 22.1. The van der Waals surface area contributed by atoms with Crippen LogP contribution in [0, 0.1) is 5.92 Å². The fraction of sp³-hybridized carbons (Fsp3) is 0.867. The molecule has 2 N–H and O–H groups in total. The van der Waals surface area contributed by atoms with E-state index in [1.165, 1.54) is 0 Å². The summed E-state index contributed by atoms with van der Waals surface area (Å²) in [6.07, 6.45) is 2.05. The molecule has 6 nitrogen and oxygen atoms in total. The van der Waals surface area contributed by atoms with Crippen LogP contribution in [-0.4, -0.2) is 66.5 Å². The topological polar surface area (TPSA) is 64.7 Å². The molecule has 0 bridgehead atoms. The minimum absolute atomic E-state index is 0.203. The van der Waals surface area contributed by atoms with Gasteiger partial charge in [0.25, 0.3) is 0 Å². The number of amides is 3. The summed E-state index contributed by atoms with van der Waals surface area (Å²) < 4.78 is 0. The summed E-state index contributed by atoms with van der Waals surface area (Å²) in [5, 5.41) is 5.22. The zero-order valence-electron chi connectivity index (χ0n) is 13.4. The van der Waals surface area contributed by atoms with Gasteiger partial charge in [0.1, 0.15) is 0 Å². The number of carbonyl (C=O) groups excluding carboxylic acids is 2. The van der Waals surface area contributed by atoms with Gasteiger partial charge in [-0.1, -0.05) is 13.8 Å². The van der Waals surface area contributed by atoms with E-state index >= 15 is 0 Å². The molecule has 21 heavy (non-hydrogen) atoms. The lowest BCUT2D eigenvalue weighted by Crippen LogP contribution is -2.55. The molecule has 2 aliphatic rings. The average Bonchev–Trinajstić information content (AvgIpc) is 3.21. The highest BCUT2D eigenvalue weighted by molar-refractivity contribution is 5.96. The van der Waals surface area contributed by atoms with Crippen LogP contribution < -0.4 is 10.6 Å². The molecule has 1 saturated carbocycles. The van der Waals surface area contributed by atoms with Crippen molar-refractivity contribution >= 4 is 11.9 Å². The Morgan fingerprint density at radius 2 is 1.71 bits per heavy atom. The minimum atomic E-state index is -0.354. The van der Waals surface area contributed by atoms with Gasteiger partial charge in [0, 0.05) is 38.8 Å². The lowest BCUT2D eigenvalue weighted by Gasteiger charge is -2.37. The number of carbonyl (C=O) groups is 2. The van der Waals surface area contributed by atoms with Gasteiger partial charge in [0.15, 0.2) is 0 Å². The average molecular weight is 296 g/mol. The molecule has 1 atom stereocenters. The second kappa shape index (κ2) is 7.22. The summed E-state index contributed by atoms with van der Waals surface area (Å²) in [6, 6.07) is -0.336. The molecule has 3 amide bonds. The summed E-state index contributed by atoms with van der Waals surface area (Å²) in [6.45, 7) is 11.2. The largest absolute Gasteiger partial charge is 0.335 e. The van der Waals surface area contributed by atoms with Gasteiger partial charge in [-0.05, 0) is 25.7 Å². The molecular formula is C15H28N4O2. The molecule has 0 radical (unpaired) electrons.